The second kappa shape index (κ2) is 7.51. The lowest BCUT2D eigenvalue weighted by Gasteiger charge is -2.30. The molecule has 2 atom stereocenters. The van der Waals surface area contributed by atoms with Crippen molar-refractivity contribution in [3.63, 3.8) is 0 Å². The first-order valence-corrected chi connectivity index (χ1v) is 10.7. The molecule has 2 rings (SSSR count). The van der Waals surface area contributed by atoms with Crippen LogP contribution in [0.5, 0.6) is 0 Å². The van der Waals surface area contributed by atoms with Crippen molar-refractivity contribution in [1.82, 2.24) is 10.2 Å². The first-order chi connectivity index (χ1) is 10.7. The zero-order chi connectivity index (χ0) is 17.1. The number of rotatable bonds is 3. The van der Waals surface area contributed by atoms with Crippen molar-refractivity contribution in [3.05, 3.63) is 0 Å². The van der Waals surface area contributed by atoms with Gasteiger partial charge < -0.3 is 5.32 Å². The molecule has 0 bridgehead atoms. The van der Waals surface area contributed by atoms with Crippen LogP contribution in [0.4, 0.5) is 0 Å². The molecular formula is C17H32N2O3S. The van der Waals surface area contributed by atoms with Crippen molar-refractivity contribution < 1.29 is 13.2 Å². The van der Waals surface area contributed by atoms with E-state index in [2.05, 4.69) is 26.1 Å². The number of carbonyl (C=O) groups is 1. The van der Waals surface area contributed by atoms with E-state index in [0.717, 1.165) is 18.8 Å². The van der Waals surface area contributed by atoms with Gasteiger partial charge in [0.1, 0.15) is 0 Å². The van der Waals surface area contributed by atoms with Crippen LogP contribution in [0.15, 0.2) is 0 Å². The zero-order valence-corrected chi connectivity index (χ0v) is 15.6. The van der Waals surface area contributed by atoms with Gasteiger partial charge in [0.25, 0.3) is 0 Å². The minimum Gasteiger partial charge on any atom is -0.352 e. The molecule has 1 saturated heterocycles. The predicted octanol–water partition coefficient (Wildman–Crippen LogP) is 1.83. The Labute approximate surface area is 141 Å². The minimum atomic E-state index is -2.88. The summed E-state index contributed by atoms with van der Waals surface area (Å²) in [6.07, 6.45) is 5.72. The van der Waals surface area contributed by atoms with Gasteiger partial charge in [-0.15, -0.1) is 0 Å². The number of carbonyl (C=O) groups excluding carboxylic acids is 1. The number of hydrogen-bond acceptors (Lipinski definition) is 4. The number of sulfone groups is 1. The number of nitrogens with zero attached hydrogens (tertiary/aromatic N) is 1. The summed E-state index contributed by atoms with van der Waals surface area (Å²) < 4.78 is 22.8. The lowest BCUT2D eigenvalue weighted by Crippen LogP contribution is -2.47. The van der Waals surface area contributed by atoms with Gasteiger partial charge in [-0.05, 0) is 37.0 Å². The maximum atomic E-state index is 12.2. The molecule has 2 fully saturated rings. The van der Waals surface area contributed by atoms with Gasteiger partial charge >= 0.3 is 0 Å². The molecule has 6 heteroatoms. The maximum absolute atomic E-state index is 12.2. The molecule has 1 N–H and O–H groups in total. The van der Waals surface area contributed by atoms with E-state index in [9.17, 15) is 13.2 Å². The summed E-state index contributed by atoms with van der Waals surface area (Å²) in [6, 6.07) is 0.281. The van der Waals surface area contributed by atoms with Gasteiger partial charge in [0.05, 0.1) is 18.1 Å². The molecule has 0 aromatic rings. The Morgan fingerprint density at radius 1 is 1.09 bits per heavy atom. The molecule has 0 radical (unpaired) electrons. The molecule has 0 aromatic carbocycles. The highest BCUT2D eigenvalue weighted by Crippen LogP contribution is 2.36. The first-order valence-electron chi connectivity index (χ1n) is 8.88. The number of hydrogen-bond donors (Lipinski definition) is 1. The fraction of sp³-hybridized carbons (Fsp3) is 0.941. The second-order valence-electron chi connectivity index (χ2n) is 8.26. The second-order valence-corrected chi connectivity index (χ2v) is 10.6. The van der Waals surface area contributed by atoms with Crippen molar-refractivity contribution in [2.24, 2.45) is 11.3 Å². The lowest BCUT2D eigenvalue weighted by molar-refractivity contribution is -0.123. The van der Waals surface area contributed by atoms with Crippen LogP contribution in [0.3, 0.4) is 0 Å². The SMILES string of the molecule is CC(C)(C)[C@@H]1CCC[C@@H](NC(=O)CN2CCS(=O)(=O)CC2)CC1. The maximum Gasteiger partial charge on any atom is 0.234 e. The van der Waals surface area contributed by atoms with E-state index in [1.165, 1.54) is 19.3 Å². The predicted molar refractivity (Wildman–Crippen MR) is 93.1 cm³/mol. The van der Waals surface area contributed by atoms with Gasteiger partial charge in [-0.2, -0.15) is 0 Å². The fourth-order valence-electron chi connectivity index (χ4n) is 3.70. The van der Waals surface area contributed by atoms with Gasteiger partial charge in [-0.1, -0.05) is 27.2 Å². The monoisotopic (exact) mass is 344 g/mol. The van der Waals surface area contributed by atoms with E-state index in [0.29, 0.717) is 25.0 Å². The van der Waals surface area contributed by atoms with Crippen LogP contribution in [0, 0.1) is 11.3 Å². The zero-order valence-electron chi connectivity index (χ0n) is 14.8. The van der Waals surface area contributed by atoms with Gasteiger partial charge in [0, 0.05) is 19.1 Å². The van der Waals surface area contributed by atoms with Crippen molar-refractivity contribution in [2.75, 3.05) is 31.1 Å². The fourth-order valence-corrected chi connectivity index (χ4v) is 4.97. The number of nitrogens with one attached hydrogen (secondary N) is 1. The standard InChI is InChI=1S/C17H32N2O3S/c1-17(2,3)14-5-4-6-15(8-7-14)18-16(20)13-19-9-11-23(21,22)12-10-19/h14-15H,4-13H2,1-3H3,(H,18,20)/t14-,15-/m1/s1. The van der Waals surface area contributed by atoms with Gasteiger partial charge in [0.15, 0.2) is 9.84 Å². The largest absolute Gasteiger partial charge is 0.352 e. The normalized spacial score (nSPS) is 29.7. The van der Waals surface area contributed by atoms with Gasteiger partial charge in [-0.3, -0.25) is 9.69 Å². The lowest BCUT2D eigenvalue weighted by atomic mass is 9.76. The van der Waals surface area contributed by atoms with E-state index in [4.69, 9.17) is 0 Å². The summed E-state index contributed by atoms with van der Waals surface area (Å²) in [5.41, 5.74) is 0.345. The molecule has 2 aliphatic rings. The summed E-state index contributed by atoms with van der Waals surface area (Å²) in [7, 11) is -2.88. The smallest absolute Gasteiger partial charge is 0.234 e. The Morgan fingerprint density at radius 3 is 2.35 bits per heavy atom. The Bertz CT molecular complexity index is 496. The number of amides is 1. The molecule has 0 unspecified atom stereocenters. The van der Waals surface area contributed by atoms with E-state index in [1.54, 1.807) is 0 Å². The molecule has 1 aliphatic carbocycles. The molecule has 134 valence electrons. The van der Waals surface area contributed by atoms with Crippen LogP contribution in [-0.2, 0) is 14.6 Å². The Balaban J connectivity index is 1.75. The van der Waals surface area contributed by atoms with E-state index in [1.807, 2.05) is 4.90 Å². The molecule has 1 amide bonds. The van der Waals surface area contributed by atoms with Crippen LogP contribution in [0.2, 0.25) is 0 Å². The average molecular weight is 345 g/mol. The summed E-state index contributed by atoms with van der Waals surface area (Å²) in [5.74, 6) is 1.13. The van der Waals surface area contributed by atoms with Crippen LogP contribution in [0.25, 0.3) is 0 Å². The average Bonchev–Trinajstić information content (AvgIpc) is 2.66. The summed E-state index contributed by atoms with van der Waals surface area (Å²) in [4.78, 5) is 14.2. The van der Waals surface area contributed by atoms with Crippen molar-refractivity contribution in [3.8, 4) is 0 Å². The third-order valence-electron chi connectivity index (χ3n) is 5.36. The molecule has 23 heavy (non-hydrogen) atoms. The topological polar surface area (TPSA) is 66.5 Å². The van der Waals surface area contributed by atoms with Gasteiger partial charge in [0.2, 0.25) is 5.91 Å². The van der Waals surface area contributed by atoms with E-state index >= 15 is 0 Å². The highest BCUT2D eigenvalue weighted by atomic mass is 32.2. The molecule has 1 saturated carbocycles. The third kappa shape index (κ3) is 6.07. The Kier molecular flexibility index (Phi) is 6.11. The van der Waals surface area contributed by atoms with Crippen LogP contribution in [0.1, 0.15) is 52.9 Å². The highest BCUT2D eigenvalue weighted by Gasteiger charge is 2.29. The van der Waals surface area contributed by atoms with E-state index in [-0.39, 0.29) is 23.5 Å². The Hall–Kier alpha value is -0.620. The van der Waals surface area contributed by atoms with Crippen LogP contribution in [-0.4, -0.2) is 56.4 Å². The first kappa shape index (κ1) is 18.7. The van der Waals surface area contributed by atoms with Crippen molar-refractivity contribution >= 4 is 15.7 Å². The molecule has 1 heterocycles. The third-order valence-corrected chi connectivity index (χ3v) is 6.97. The molecule has 0 aromatic heterocycles. The van der Waals surface area contributed by atoms with E-state index < -0.39 is 9.84 Å². The van der Waals surface area contributed by atoms with Crippen molar-refractivity contribution in [1.29, 1.82) is 0 Å². The molecular weight excluding hydrogens is 312 g/mol. The van der Waals surface area contributed by atoms with Crippen LogP contribution >= 0.6 is 0 Å². The summed E-state index contributed by atoms with van der Waals surface area (Å²) in [5, 5.41) is 3.17. The highest BCUT2D eigenvalue weighted by molar-refractivity contribution is 7.91. The minimum absolute atomic E-state index is 0.0449. The van der Waals surface area contributed by atoms with Crippen LogP contribution < -0.4 is 5.32 Å². The summed E-state index contributed by atoms with van der Waals surface area (Å²) >= 11 is 0. The molecule has 1 aliphatic heterocycles. The molecule has 5 nitrogen and oxygen atoms in total. The quantitative estimate of drug-likeness (QED) is 0.793. The van der Waals surface area contributed by atoms with Crippen molar-refractivity contribution in [2.45, 2.75) is 58.9 Å². The Morgan fingerprint density at radius 2 is 1.74 bits per heavy atom. The van der Waals surface area contributed by atoms with Gasteiger partial charge in [-0.25, -0.2) is 8.42 Å². The molecule has 0 spiro atoms. The summed E-state index contributed by atoms with van der Waals surface area (Å²) in [6.45, 7) is 8.21.